The summed E-state index contributed by atoms with van der Waals surface area (Å²) in [6.07, 6.45) is 3.75. The zero-order valence-electron chi connectivity index (χ0n) is 17.6. The molecule has 30 heavy (non-hydrogen) atoms. The number of imide groups is 1. The fourth-order valence-electron chi connectivity index (χ4n) is 4.33. The Labute approximate surface area is 174 Å². The van der Waals surface area contributed by atoms with Gasteiger partial charge >= 0.3 is 12.0 Å². The molecule has 1 N–H and O–H groups in total. The van der Waals surface area contributed by atoms with Crippen molar-refractivity contribution in [3.05, 3.63) is 35.4 Å². The van der Waals surface area contributed by atoms with E-state index in [2.05, 4.69) is 26.1 Å². The molecule has 0 radical (unpaired) electrons. The van der Waals surface area contributed by atoms with Crippen molar-refractivity contribution in [1.29, 1.82) is 0 Å². The molecule has 1 aliphatic heterocycles. The molecule has 2 aliphatic rings. The van der Waals surface area contributed by atoms with Gasteiger partial charge in [0.05, 0.1) is 0 Å². The summed E-state index contributed by atoms with van der Waals surface area (Å²) in [7, 11) is 0. The van der Waals surface area contributed by atoms with Gasteiger partial charge in [-0.1, -0.05) is 39.3 Å². The summed E-state index contributed by atoms with van der Waals surface area (Å²) >= 11 is 0. The second-order valence-electron chi connectivity index (χ2n) is 8.89. The molecule has 0 aromatic heterocycles. The smallest absolute Gasteiger partial charge is 0.326 e. The zero-order chi connectivity index (χ0) is 22.1. The summed E-state index contributed by atoms with van der Waals surface area (Å²) in [6.45, 7) is 5.54. The van der Waals surface area contributed by atoms with E-state index in [1.807, 2.05) is 0 Å². The van der Waals surface area contributed by atoms with Crippen LogP contribution in [0.1, 0.15) is 58.4 Å². The number of hydrogen-bond acceptors (Lipinski definition) is 4. The Hall–Kier alpha value is -2.51. The van der Waals surface area contributed by atoms with E-state index in [-0.39, 0.29) is 11.0 Å². The number of rotatable bonds is 6. The highest BCUT2D eigenvalue weighted by atomic mass is 19.2. The van der Waals surface area contributed by atoms with E-state index < -0.39 is 48.2 Å². The number of ether oxygens (including phenoxy) is 1. The van der Waals surface area contributed by atoms with Crippen molar-refractivity contribution in [3.8, 4) is 0 Å². The van der Waals surface area contributed by atoms with Gasteiger partial charge in [0, 0.05) is 5.56 Å². The van der Waals surface area contributed by atoms with Crippen LogP contribution in [0.3, 0.4) is 0 Å². The molecule has 1 aromatic carbocycles. The summed E-state index contributed by atoms with van der Waals surface area (Å²) < 4.78 is 31.9. The number of halogens is 2. The number of amides is 3. The minimum absolute atomic E-state index is 0.117. The van der Waals surface area contributed by atoms with E-state index in [1.165, 1.54) is 12.1 Å². The minimum atomic E-state index is -1.09. The number of nitrogens with zero attached hydrogens (tertiary/aromatic N) is 1. The van der Waals surface area contributed by atoms with Crippen molar-refractivity contribution >= 4 is 17.9 Å². The summed E-state index contributed by atoms with van der Waals surface area (Å²) in [5.41, 5.74) is -0.913. The van der Waals surface area contributed by atoms with Crippen LogP contribution in [-0.4, -0.2) is 34.9 Å². The van der Waals surface area contributed by atoms with Crippen molar-refractivity contribution in [1.82, 2.24) is 10.2 Å². The maximum absolute atomic E-state index is 13.7. The van der Waals surface area contributed by atoms with Crippen molar-refractivity contribution in [2.45, 2.75) is 65.0 Å². The van der Waals surface area contributed by atoms with Crippen LogP contribution >= 0.6 is 0 Å². The molecule has 0 bridgehead atoms. The third-order valence-corrected chi connectivity index (χ3v) is 6.81. The van der Waals surface area contributed by atoms with Gasteiger partial charge in [-0.25, -0.2) is 13.6 Å². The number of nitrogens with one attached hydrogen (secondary N) is 1. The molecular formula is C22H28F2N2O4. The van der Waals surface area contributed by atoms with Gasteiger partial charge in [0.2, 0.25) is 0 Å². The molecule has 1 aromatic rings. The van der Waals surface area contributed by atoms with Crippen LogP contribution in [-0.2, 0) is 20.9 Å². The predicted octanol–water partition coefficient (Wildman–Crippen LogP) is 3.93. The van der Waals surface area contributed by atoms with E-state index in [1.54, 1.807) is 0 Å². The lowest BCUT2D eigenvalue weighted by Gasteiger charge is -2.42. The Morgan fingerprint density at radius 1 is 1.27 bits per heavy atom. The van der Waals surface area contributed by atoms with E-state index in [9.17, 15) is 23.2 Å². The van der Waals surface area contributed by atoms with Gasteiger partial charge in [-0.15, -0.1) is 0 Å². The van der Waals surface area contributed by atoms with Gasteiger partial charge in [0.1, 0.15) is 18.7 Å². The lowest BCUT2D eigenvalue weighted by atomic mass is 9.65. The Morgan fingerprint density at radius 3 is 2.57 bits per heavy atom. The number of carbonyl (C=O) groups excluding carboxylic acids is 3. The Kier molecular flexibility index (Phi) is 6.15. The standard InChI is InChI=1S/C22H28F2N2O4/c1-4-21(2,3)15-8-10-22(11-9-15)19(28)26(20(29)25-22)12-17(27)30-13-14-6-5-7-16(23)18(14)24/h5-7,15H,4,8-13H2,1-3H3,(H,25,29). The zero-order valence-corrected chi connectivity index (χ0v) is 17.6. The monoisotopic (exact) mass is 422 g/mol. The highest BCUT2D eigenvalue weighted by Gasteiger charge is 2.53. The molecule has 2 fully saturated rings. The SMILES string of the molecule is CCC(C)(C)C1CCC2(CC1)NC(=O)N(CC(=O)OCc1cccc(F)c1F)C2=O. The van der Waals surface area contributed by atoms with Crippen LogP contribution < -0.4 is 5.32 Å². The number of hydrogen-bond donors (Lipinski definition) is 1. The summed E-state index contributed by atoms with van der Waals surface area (Å²) in [5, 5.41) is 2.77. The Bertz CT molecular complexity index is 848. The molecule has 1 saturated heterocycles. The molecule has 3 amide bonds. The Balaban J connectivity index is 1.59. The largest absolute Gasteiger partial charge is 0.459 e. The third-order valence-electron chi connectivity index (χ3n) is 6.81. The van der Waals surface area contributed by atoms with Gasteiger partial charge in [-0.2, -0.15) is 0 Å². The molecule has 1 heterocycles. The summed E-state index contributed by atoms with van der Waals surface area (Å²) in [5.74, 6) is -2.94. The summed E-state index contributed by atoms with van der Waals surface area (Å²) in [6, 6.07) is 2.94. The van der Waals surface area contributed by atoms with Crippen molar-refractivity contribution in [2.75, 3.05) is 6.54 Å². The van der Waals surface area contributed by atoms with Crippen molar-refractivity contribution in [2.24, 2.45) is 11.3 Å². The van der Waals surface area contributed by atoms with E-state index in [0.29, 0.717) is 18.8 Å². The van der Waals surface area contributed by atoms with E-state index in [0.717, 1.165) is 30.2 Å². The molecule has 0 unspecified atom stereocenters. The number of carbonyl (C=O) groups is 3. The molecule has 3 rings (SSSR count). The Morgan fingerprint density at radius 2 is 1.93 bits per heavy atom. The maximum atomic E-state index is 13.7. The highest BCUT2D eigenvalue weighted by molar-refractivity contribution is 6.08. The van der Waals surface area contributed by atoms with Crippen LogP contribution in [0.4, 0.5) is 13.6 Å². The third kappa shape index (κ3) is 4.18. The number of urea groups is 1. The van der Waals surface area contributed by atoms with Gasteiger partial charge in [0.25, 0.3) is 5.91 Å². The summed E-state index contributed by atoms with van der Waals surface area (Å²) in [4.78, 5) is 38.3. The van der Waals surface area contributed by atoms with E-state index >= 15 is 0 Å². The maximum Gasteiger partial charge on any atom is 0.326 e. The lowest BCUT2D eigenvalue weighted by Crippen LogP contribution is -2.51. The quantitative estimate of drug-likeness (QED) is 0.557. The molecular weight excluding hydrogens is 394 g/mol. The van der Waals surface area contributed by atoms with Gasteiger partial charge < -0.3 is 10.1 Å². The fourth-order valence-corrected chi connectivity index (χ4v) is 4.33. The van der Waals surface area contributed by atoms with Crippen molar-refractivity contribution in [3.63, 3.8) is 0 Å². The number of esters is 1. The first-order valence-electron chi connectivity index (χ1n) is 10.3. The van der Waals surface area contributed by atoms with Crippen LogP contribution in [0.5, 0.6) is 0 Å². The molecule has 164 valence electrons. The van der Waals surface area contributed by atoms with E-state index in [4.69, 9.17) is 4.74 Å². The molecule has 1 aliphatic carbocycles. The first-order chi connectivity index (χ1) is 14.1. The average molecular weight is 422 g/mol. The predicted molar refractivity (Wildman–Crippen MR) is 105 cm³/mol. The first-order valence-corrected chi connectivity index (χ1v) is 10.3. The van der Waals surface area contributed by atoms with Gasteiger partial charge in [-0.05, 0) is 43.1 Å². The molecule has 6 nitrogen and oxygen atoms in total. The average Bonchev–Trinajstić information content (AvgIpc) is 2.93. The topological polar surface area (TPSA) is 75.7 Å². The van der Waals surface area contributed by atoms with Crippen LogP contribution in [0.2, 0.25) is 0 Å². The van der Waals surface area contributed by atoms with Crippen molar-refractivity contribution < 1.29 is 27.9 Å². The molecule has 8 heteroatoms. The van der Waals surface area contributed by atoms with Crippen LogP contribution in [0.15, 0.2) is 18.2 Å². The van der Waals surface area contributed by atoms with Gasteiger partial charge in [0.15, 0.2) is 11.6 Å². The molecule has 0 atom stereocenters. The fraction of sp³-hybridized carbons (Fsp3) is 0.591. The lowest BCUT2D eigenvalue weighted by molar-refractivity contribution is -0.149. The second-order valence-corrected chi connectivity index (χ2v) is 8.89. The van der Waals surface area contributed by atoms with Crippen LogP contribution in [0.25, 0.3) is 0 Å². The molecule has 1 spiro atoms. The highest BCUT2D eigenvalue weighted by Crippen LogP contribution is 2.45. The normalized spacial score (nSPS) is 24.3. The first kappa shape index (κ1) is 22.2. The second kappa shape index (κ2) is 8.32. The number of benzene rings is 1. The molecule has 1 saturated carbocycles. The van der Waals surface area contributed by atoms with Crippen LogP contribution in [0, 0.1) is 23.0 Å². The van der Waals surface area contributed by atoms with Gasteiger partial charge in [-0.3, -0.25) is 14.5 Å². The minimum Gasteiger partial charge on any atom is -0.459 e.